The van der Waals surface area contributed by atoms with E-state index in [1.54, 1.807) is 25.3 Å². The molecule has 2 N–H and O–H groups in total. The number of rotatable bonds is 8. The monoisotopic (exact) mass is 361 g/mol. The van der Waals surface area contributed by atoms with Gasteiger partial charge in [0.15, 0.2) is 0 Å². The van der Waals surface area contributed by atoms with Crippen molar-refractivity contribution in [3.63, 3.8) is 0 Å². The van der Waals surface area contributed by atoms with Gasteiger partial charge in [-0.25, -0.2) is 0 Å². The second kappa shape index (κ2) is 9.42. The van der Waals surface area contributed by atoms with Gasteiger partial charge in [0.05, 0.1) is 19.3 Å². The largest absolute Gasteiger partial charge is 0.495 e. The van der Waals surface area contributed by atoms with Gasteiger partial charge in [-0.1, -0.05) is 41.9 Å². The highest BCUT2D eigenvalue weighted by Crippen LogP contribution is 2.27. The number of likely N-dealkylation sites (N-methyl/N-ethyl adjacent to an activating group) is 1. The molecule has 0 aliphatic heterocycles. The van der Waals surface area contributed by atoms with Crippen LogP contribution in [0.2, 0.25) is 5.02 Å². The average molecular weight is 362 g/mol. The molecule has 1 amide bonds. The van der Waals surface area contributed by atoms with Crippen LogP contribution in [0.15, 0.2) is 48.5 Å². The molecular formula is C19H24ClN3O2. The summed E-state index contributed by atoms with van der Waals surface area (Å²) in [5, 5.41) is 6.57. The maximum Gasteiger partial charge on any atom is 0.238 e. The minimum absolute atomic E-state index is 0.147. The van der Waals surface area contributed by atoms with E-state index in [2.05, 4.69) is 27.7 Å². The first kappa shape index (κ1) is 19.2. The summed E-state index contributed by atoms with van der Waals surface area (Å²) in [5.74, 6) is 0.430. The van der Waals surface area contributed by atoms with Crippen LogP contribution < -0.4 is 15.4 Å². The minimum atomic E-state index is -0.147. The predicted octanol–water partition coefficient (Wildman–Crippen LogP) is 3.18. The van der Waals surface area contributed by atoms with Crippen molar-refractivity contribution >= 4 is 23.2 Å². The zero-order valence-corrected chi connectivity index (χ0v) is 15.5. The Hall–Kier alpha value is -2.08. The molecule has 0 radical (unpaired) electrons. The standard InChI is InChI=1S/C19H24ClN3O2/c1-23(2)17(14-7-5-4-6-8-14)12-21-13-19(24)22-16-11-15(20)9-10-18(16)25-3/h4-11,17,21H,12-13H2,1-3H3,(H,22,24)/t17-/m1/s1. The molecule has 5 nitrogen and oxygen atoms in total. The Morgan fingerprint density at radius 1 is 1.20 bits per heavy atom. The van der Waals surface area contributed by atoms with Crippen LogP contribution in [0.25, 0.3) is 0 Å². The SMILES string of the molecule is COc1ccc(Cl)cc1NC(=O)CNC[C@H](c1ccccc1)N(C)C. The van der Waals surface area contributed by atoms with Gasteiger partial charge < -0.3 is 20.3 Å². The lowest BCUT2D eigenvalue weighted by atomic mass is 10.1. The molecule has 1 atom stereocenters. The molecule has 0 aliphatic carbocycles. The van der Waals surface area contributed by atoms with E-state index in [-0.39, 0.29) is 18.5 Å². The molecule has 0 saturated heterocycles. The van der Waals surface area contributed by atoms with E-state index < -0.39 is 0 Å². The molecule has 0 aromatic heterocycles. The Balaban J connectivity index is 1.90. The topological polar surface area (TPSA) is 53.6 Å². The lowest BCUT2D eigenvalue weighted by Gasteiger charge is -2.25. The zero-order chi connectivity index (χ0) is 18.2. The Labute approximate surface area is 153 Å². The summed E-state index contributed by atoms with van der Waals surface area (Å²) >= 11 is 5.98. The molecule has 6 heteroatoms. The van der Waals surface area contributed by atoms with E-state index in [1.807, 2.05) is 32.3 Å². The second-order valence-corrected chi connectivity index (χ2v) is 6.35. The highest BCUT2D eigenvalue weighted by atomic mass is 35.5. The molecule has 134 valence electrons. The van der Waals surface area contributed by atoms with Crippen molar-refractivity contribution in [1.82, 2.24) is 10.2 Å². The fourth-order valence-corrected chi connectivity index (χ4v) is 2.74. The number of hydrogen-bond acceptors (Lipinski definition) is 4. The summed E-state index contributed by atoms with van der Waals surface area (Å²) in [6, 6.07) is 15.5. The lowest BCUT2D eigenvalue weighted by Crippen LogP contribution is -2.35. The van der Waals surface area contributed by atoms with Crippen molar-refractivity contribution in [3.8, 4) is 5.75 Å². The van der Waals surface area contributed by atoms with E-state index in [9.17, 15) is 4.79 Å². The van der Waals surface area contributed by atoms with Gasteiger partial charge in [-0.2, -0.15) is 0 Å². The first-order valence-corrected chi connectivity index (χ1v) is 8.44. The number of methoxy groups -OCH3 is 1. The molecule has 0 saturated carbocycles. The summed E-state index contributed by atoms with van der Waals surface area (Å²) in [5.41, 5.74) is 1.77. The van der Waals surface area contributed by atoms with Crippen LogP contribution in [-0.4, -0.2) is 45.1 Å². The molecule has 2 aromatic rings. The van der Waals surface area contributed by atoms with Gasteiger partial charge in [-0.15, -0.1) is 0 Å². The van der Waals surface area contributed by atoms with Crippen molar-refractivity contribution in [3.05, 3.63) is 59.1 Å². The molecule has 2 rings (SSSR count). The Morgan fingerprint density at radius 3 is 2.56 bits per heavy atom. The number of hydrogen-bond donors (Lipinski definition) is 2. The van der Waals surface area contributed by atoms with Gasteiger partial charge >= 0.3 is 0 Å². The molecule has 0 unspecified atom stereocenters. The number of carbonyl (C=O) groups is 1. The maximum atomic E-state index is 12.2. The molecule has 25 heavy (non-hydrogen) atoms. The van der Waals surface area contributed by atoms with E-state index >= 15 is 0 Å². The van der Waals surface area contributed by atoms with Crippen molar-refractivity contribution < 1.29 is 9.53 Å². The van der Waals surface area contributed by atoms with Crippen LogP contribution in [0.4, 0.5) is 5.69 Å². The second-order valence-electron chi connectivity index (χ2n) is 5.91. The Kier molecular flexibility index (Phi) is 7.25. The maximum absolute atomic E-state index is 12.2. The summed E-state index contributed by atoms with van der Waals surface area (Å²) in [7, 11) is 5.60. The molecule has 2 aromatic carbocycles. The van der Waals surface area contributed by atoms with Crippen LogP contribution in [0.1, 0.15) is 11.6 Å². The van der Waals surface area contributed by atoms with Gasteiger partial charge in [0.2, 0.25) is 5.91 Å². The number of benzene rings is 2. The van der Waals surface area contributed by atoms with Gasteiger partial charge in [-0.3, -0.25) is 4.79 Å². The van der Waals surface area contributed by atoms with Crippen LogP contribution in [-0.2, 0) is 4.79 Å². The first-order valence-electron chi connectivity index (χ1n) is 8.06. The zero-order valence-electron chi connectivity index (χ0n) is 14.8. The molecule has 0 bridgehead atoms. The first-order chi connectivity index (χ1) is 12.0. The Bertz CT molecular complexity index is 692. The van der Waals surface area contributed by atoms with Gasteiger partial charge in [0.25, 0.3) is 0 Å². The molecule has 0 aliphatic rings. The fraction of sp³-hybridized carbons (Fsp3) is 0.316. The smallest absolute Gasteiger partial charge is 0.238 e. The minimum Gasteiger partial charge on any atom is -0.495 e. The predicted molar refractivity (Wildman–Crippen MR) is 102 cm³/mol. The van der Waals surface area contributed by atoms with Crippen LogP contribution in [0.3, 0.4) is 0 Å². The summed E-state index contributed by atoms with van der Waals surface area (Å²) in [4.78, 5) is 14.3. The lowest BCUT2D eigenvalue weighted by molar-refractivity contribution is -0.115. The molecule has 0 heterocycles. The van der Waals surface area contributed by atoms with Crippen LogP contribution in [0.5, 0.6) is 5.75 Å². The quantitative estimate of drug-likeness (QED) is 0.758. The van der Waals surface area contributed by atoms with Crippen molar-refractivity contribution in [2.45, 2.75) is 6.04 Å². The fourth-order valence-electron chi connectivity index (χ4n) is 2.57. The summed E-state index contributed by atoms with van der Waals surface area (Å²) in [6.45, 7) is 0.865. The van der Waals surface area contributed by atoms with Crippen LogP contribution in [0, 0.1) is 0 Å². The van der Waals surface area contributed by atoms with Gasteiger partial charge in [0, 0.05) is 17.6 Å². The number of nitrogens with one attached hydrogen (secondary N) is 2. The highest BCUT2D eigenvalue weighted by molar-refractivity contribution is 6.31. The number of anilines is 1. The molecular weight excluding hydrogens is 338 g/mol. The van der Waals surface area contributed by atoms with E-state index in [1.165, 1.54) is 5.56 Å². The third kappa shape index (κ3) is 5.74. The van der Waals surface area contributed by atoms with E-state index in [0.717, 1.165) is 0 Å². The third-order valence-electron chi connectivity index (χ3n) is 3.87. The number of halogens is 1. The number of nitrogens with zero attached hydrogens (tertiary/aromatic N) is 1. The highest BCUT2D eigenvalue weighted by Gasteiger charge is 2.14. The van der Waals surface area contributed by atoms with Crippen LogP contribution >= 0.6 is 11.6 Å². The van der Waals surface area contributed by atoms with Gasteiger partial charge in [-0.05, 0) is 37.9 Å². The molecule has 0 spiro atoms. The van der Waals surface area contributed by atoms with Crippen molar-refractivity contribution in [2.24, 2.45) is 0 Å². The summed E-state index contributed by atoms with van der Waals surface area (Å²) < 4.78 is 5.23. The summed E-state index contributed by atoms with van der Waals surface area (Å²) in [6.07, 6.45) is 0. The van der Waals surface area contributed by atoms with E-state index in [0.29, 0.717) is 23.0 Å². The van der Waals surface area contributed by atoms with E-state index in [4.69, 9.17) is 16.3 Å². The number of amides is 1. The van der Waals surface area contributed by atoms with Gasteiger partial charge in [0.1, 0.15) is 5.75 Å². The molecule has 0 fully saturated rings. The number of ether oxygens (including phenoxy) is 1. The normalized spacial score (nSPS) is 12.0. The Morgan fingerprint density at radius 2 is 1.92 bits per heavy atom. The third-order valence-corrected chi connectivity index (χ3v) is 4.10. The number of carbonyl (C=O) groups excluding carboxylic acids is 1. The average Bonchev–Trinajstić information content (AvgIpc) is 2.59. The van der Waals surface area contributed by atoms with Crippen molar-refractivity contribution in [2.75, 3.05) is 39.6 Å². The van der Waals surface area contributed by atoms with Crippen molar-refractivity contribution in [1.29, 1.82) is 0 Å².